The molecule has 2 heterocycles. The second-order valence-electron chi connectivity index (χ2n) is 5.95. The van der Waals surface area contributed by atoms with Crippen LogP contribution in [0, 0.1) is 45.3 Å². The molecule has 0 radical (unpaired) electrons. The van der Waals surface area contributed by atoms with Crippen molar-refractivity contribution < 1.29 is 0 Å². The molecule has 0 spiro atoms. The Balaban J connectivity index is 2.33. The van der Waals surface area contributed by atoms with Crippen molar-refractivity contribution in [1.82, 2.24) is 4.90 Å². The van der Waals surface area contributed by atoms with Gasteiger partial charge in [0.15, 0.2) is 5.41 Å². The summed E-state index contributed by atoms with van der Waals surface area (Å²) in [6.45, 7) is 1.42. The quantitative estimate of drug-likeness (QED) is 0.853. The lowest BCUT2D eigenvalue weighted by Gasteiger charge is -2.44. The zero-order valence-electron chi connectivity index (χ0n) is 12.7. The van der Waals surface area contributed by atoms with Crippen LogP contribution >= 0.6 is 11.3 Å². The minimum Gasteiger partial charge on any atom is -0.399 e. The maximum atomic E-state index is 9.82. The van der Waals surface area contributed by atoms with Crippen molar-refractivity contribution in [2.75, 3.05) is 20.1 Å². The number of likely N-dealkylation sites (N-methyl/N-ethyl adjacent to an activating group) is 1. The van der Waals surface area contributed by atoms with E-state index in [2.05, 4.69) is 23.1 Å². The Hall–Kier alpha value is -2.59. The Morgan fingerprint density at radius 2 is 2.09 bits per heavy atom. The molecule has 3 rings (SSSR count). The van der Waals surface area contributed by atoms with Gasteiger partial charge < -0.3 is 10.6 Å². The van der Waals surface area contributed by atoms with Crippen LogP contribution in [-0.2, 0) is 0 Å². The zero-order valence-corrected chi connectivity index (χ0v) is 13.5. The minimum atomic E-state index is -1.51. The summed E-state index contributed by atoms with van der Waals surface area (Å²) in [7, 11) is 1.99. The molecule has 0 fully saturated rings. The van der Waals surface area contributed by atoms with Crippen LogP contribution in [-0.4, -0.2) is 25.0 Å². The van der Waals surface area contributed by atoms with Gasteiger partial charge in [-0.1, -0.05) is 6.08 Å². The topological polar surface area (TPSA) is 101 Å². The molecule has 114 valence electrons. The number of hydrogen-bond acceptors (Lipinski definition) is 6. The minimum absolute atomic E-state index is 0.0910. The van der Waals surface area contributed by atoms with Gasteiger partial charge in [-0.2, -0.15) is 27.1 Å². The van der Waals surface area contributed by atoms with E-state index in [9.17, 15) is 15.8 Å². The molecular formula is C17H15N5S. The van der Waals surface area contributed by atoms with Gasteiger partial charge in [0.25, 0.3) is 0 Å². The molecule has 0 saturated carbocycles. The van der Waals surface area contributed by atoms with Crippen LogP contribution in [0.5, 0.6) is 0 Å². The summed E-state index contributed by atoms with van der Waals surface area (Å²) in [4.78, 5) is 2.13. The van der Waals surface area contributed by atoms with E-state index in [1.807, 2.05) is 30.0 Å². The van der Waals surface area contributed by atoms with Crippen molar-refractivity contribution in [1.29, 1.82) is 15.8 Å². The van der Waals surface area contributed by atoms with E-state index in [-0.39, 0.29) is 17.5 Å². The molecule has 0 saturated heterocycles. The molecule has 1 aliphatic heterocycles. The average Bonchev–Trinajstić information content (AvgIpc) is 3.08. The van der Waals surface area contributed by atoms with Crippen molar-refractivity contribution >= 4 is 11.3 Å². The van der Waals surface area contributed by atoms with Gasteiger partial charge in [0.2, 0.25) is 0 Å². The lowest BCUT2D eigenvalue weighted by Crippen LogP contribution is -2.47. The number of nitrogens with zero attached hydrogens (tertiary/aromatic N) is 4. The first-order chi connectivity index (χ1) is 11.1. The van der Waals surface area contributed by atoms with E-state index in [1.165, 1.54) is 11.3 Å². The monoisotopic (exact) mass is 321 g/mol. The molecule has 2 atom stereocenters. The summed E-state index contributed by atoms with van der Waals surface area (Å²) in [6.07, 6.45) is 2.00. The Morgan fingerprint density at radius 1 is 1.35 bits per heavy atom. The fourth-order valence-electron chi connectivity index (χ4n) is 3.65. The molecule has 0 bridgehead atoms. The molecule has 23 heavy (non-hydrogen) atoms. The fraction of sp³-hybridized carbons (Fsp3) is 0.353. The average molecular weight is 321 g/mol. The summed E-state index contributed by atoms with van der Waals surface area (Å²) < 4.78 is 0. The molecule has 0 amide bonds. The SMILES string of the molecule is CN1CC=C2C(C#N)=C(N)C(C#N)(C#N)[C@@H](c3ccsc3)[C@H]2C1. The van der Waals surface area contributed by atoms with Gasteiger partial charge in [0, 0.05) is 24.9 Å². The summed E-state index contributed by atoms with van der Waals surface area (Å²) in [5, 5.41) is 33.1. The largest absolute Gasteiger partial charge is 0.399 e. The second kappa shape index (κ2) is 5.56. The maximum absolute atomic E-state index is 9.82. The predicted octanol–water partition coefficient (Wildman–Crippen LogP) is 2.10. The van der Waals surface area contributed by atoms with Gasteiger partial charge in [-0.25, -0.2) is 0 Å². The number of nitrogens with two attached hydrogens (primary N) is 1. The zero-order chi connectivity index (χ0) is 16.6. The predicted molar refractivity (Wildman–Crippen MR) is 86.6 cm³/mol. The first kappa shape index (κ1) is 15.3. The number of hydrogen-bond donors (Lipinski definition) is 1. The highest BCUT2D eigenvalue weighted by molar-refractivity contribution is 7.08. The third-order valence-corrected chi connectivity index (χ3v) is 5.45. The van der Waals surface area contributed by atoms with E-state index in [0.717, 1.165) is 17.7 Å². The van der Waals surface area contributed by atoms with E-state index >= 15 is 0 Å². The molecule has 0 unspecified atom stereocenters. The number of rotatable bonds is 1. The van der Waals surface area contributed by atoms with Crippen molar-refractivity contribution in [2.45, 2.75) is 5.92 Å². The van der Waals surface area contributed by atoms with E-state index in [1.54, 1.807) is 0 Å². The third-order valence-electron chi connectivity index (χ3n) is 4.75. The van der Waals surface area contributed by atoms with Crippen LogP contribution in [0.2, 0.25) is 0 Å². The van der Waals surface area contributed by atoms with E-state index in [0.29, 0.717) is 12.1 Å². The number of allylic oxidation sites excluding steroid dienone is 2. The van der Waals surface area contributed by atoms with Gasteiger partial charge >= 0.3 is 0 Å². The number of thiophene rings is 1. The van der Waals surface area contributed by atoms with Gasteiger partial charge in [-0.3, -0.25) is 0 Å². The molecule has 5 nitrogen and oxygen atoms in total. The Kier molecular flexibility index (Phi) is 3.70. The van der Waals surface area contributed by atoms with Crippen LogP contribution in [0.25, 0.3) is 0 Å². The van der Waals surface area contributed by atoms with Gasteiger partial charge in [-0.05, 0) is 35.0 Å². The van der Waals surface area contributed by atoms with Crippen molar-refractivity contribution in [3.8, 4) is 18.2 Å². The molecule has 2 N–H and O–H groups in total. The van der Waals surface area contributed by atoms with Crippen LogP contribution in [0.15, 0.2) is 39.7 Å². The normalized spacial score (nSPS) is 26.4. The molecule has 1 aromatic heterocycles. The van der Waals surface area contributed by atoms with Crippen molar-refractivity contribution in [3.05, 3.63) is 45.3 Å². The first-order valence-corrected chi connectivity index (χ1v) is 8.17. The Bertz CT molecular complexity index is 799. The van der Waals surface area contributed by atoms with Gasteiger partial charge in [-0.15, -0.1) is 0 Å². The third kappa shape index (κ3) is 2.06. The summed E-state index contributed by atoms with van der Waals surface area (Å²) >= 11 is 1.53. The standard InChI is InChI=1S/C17H15N5S/c1-22-4-2-12-13(6-18)16(21)17(9-19,10-20)15(14(12)7-22)11-3-5-23-8-11/h2-3,5,8,14-15H,4,7,21H2,1H3/t14-,15-/m0/s1. The highest BCUT2D eigenvalue weighted by Crippen LogP contribution is 2.54. The lowest BCUT2D eigenvalue weighted by molar-refractivity contribution is 0.238. The van der Waals surface area contributed by atoms with Gasteiger partial charge in [0.05, 0.1) is 23.4 Å². The van der Waals surface area contributed by atoms with E-state index < -0.39 is 5.41 Å². The van der Waals surface area contributed by atoms with Crippen molar-refractivity contribution in [3.63, 3.8) is 0 Å². The first-order valence-electron chi connectivity index (χ1n) is 7.23. The van der Waals surface area contributed by atoms with Crippen LogP contribution < -0.4 is 5.73 Å². The molecular weight excluding hydrogens is 306 g/mol. The lowest BCUT2D eigenvalue weighted by atomic mass is 9.58. The van der Waals surface area contributed by atoms with Crippen LogP contribution in [0.3, 0.4) is 0 Å². The molecule has 2 aliphatic rings. The number of nitriles is 3. The Labute approximate surface area is 139 Å². The molecule has 0 aromatic carbocycles. The Morgan fingerprint density at radius 3 is 2.65 bits per heavy atom. The highest BCUT2D eigenvalue weighted by atomic mass is 32.1. The summed E-state index contributed by atoms with van der Waals surface area (Å²) in [5.41, 5.74) is 6.89. The molecule has 6 heteroatoms. The van der Waals surface area contributed by atoms with Crippen LogP contribution in [0.4, 0.5) is 0 Å². The second-order valence-corrected chi connectivity index (χ2v) is 6.73. The summed E-state index contributed by atoms with van der Waals surface area (Å²) in [6, 6.07) is 8.33. The fourth-order valence-corrected chi connectivity index (χ4v) is 4.35. The molecule has 1 aliphatic carbocycles. The van der Waals surface area contributed by atoms with Crippen molar-refractivity contribution in [2.24, 2.45) is 17.1 Å². The summed E-state index contributed by atoms with van der Waals surface area (Å²) in [5.74, 6) is -0.459. The van der Waals surface area contributed by atoms with Gasteiger partial charge in [0.1, 0.15) is 6.07 Å². The van der Waals surface area contributed by atoms with Crippen LogP contribution in [0.1, 0.15) is 11.5 Å². The maximum Gasteiger partial charge on any atom is 0.191 e. The highest BCUT2D eigenvalue weighted by Gasteiger charge is 2.54. The van der Waals surface area contributed by atoms with E-state index in [4.69, 9.17) is 5.73 Å². The molecule has 1 aromatic rings. The smallest absolute Gasteiger partial charge is 0.191 e. The number of fused-ring (bicyclic) bond motifs is 1.